The van der Waals surface area contributed by atoms with Gasteiger partial charge in [0.15, 0.2) is 0 Å². The van der Waals surface area contributed by atoms with Crippen molar-refractivity contribution in [3.05, 3.63) is 24.3 Å². The molecular formula is C21H32N4O. The van der Waals surface area contributed by atoms with Gasteiger partial charge in [0.05, 0.1) is 12.0 Å². The third-order valence-corrected chi connectivity index (χ3v) is 6.25. The lowest BCUT2D eigenvalue weighted by Crippen LogP contribution is -2.21. The van der Waals surface area contributed by atoms with Crippen LogP contribution in [0, 0.1) is 5.92 Å². The van der Waals surface area contributed by atoms with E-state index in [4.69, 9.17) is 9.72 Å². The number of aromatic nitrogens is 4. The van der Waals surface area contributed by atoms with Crippen LogP contribution >= 0.6 is 0 Å². The third kappa shape index (κ3) is 3.88. The van der Waals surface area contributed by atoms with Crippen LogP contribution in [0.25, 0.3) is 11.4 Å². The van der Waals surface area contributed by atoms with Crippen molar-refractivity contribution in [3.63, 3.8) is 0 Å². The first-order valence-electron chi connectivity index (χ1n) is 10.4. The van der Waals surface area contributed by atoms with E-state index in [0.29, 0.717) is 12.0 Å². The number of imidazole rings is 1. The van der Waals surface area contributed by atoms with Gasteiger partial charge in [-0.1, -0.05) is 32.1 Å². The van der Waals surface area contributed by atoms with E-state index in [2.05, 4.69) is 22.1 Å². The second-order valence-electron chi connectivity index (χ2n) is 8.05. The van der Waals surface area contributed by atoms with Crippen molar-refractivity contribution in [1.29, 1.82) is 0 Å². The van der Waals surface area contributed by atoms with E-state index in [1.807, 2.05) is 17.9 Å². The second-order valence-corrected chi connectivity index (χ2v) is 8.05. The van der Waals surface area contributed by atoms with E-state index >= 15 is 0 Å². The number of ether oxygens (including phenoxy) is 1. The Balaban J connectivity index is 1.65. The van der Waals surface area contributed by atoms with Gasteiger partial charge < -0.3 is 9.30 Å². The van der Waals surface area contributed by atoms with Gasteiger partial charge in [-0.05, 0) is 44.1 Å². The molecule has 2 aromatic rings. The van der Waals surface area contributed by atoms with Crippen LogP contribution in [0.3, 0.4) is 0 Å². The maximum atomic E-state index is 5.58. The van der Waals surface area contributed by atoms with Crippen molar-refractivity contribution < 1.29 is 4.74 Å². The van der Waals surface area contributed by atoms with Crippen LogP contribution in [0.4, 0.5) is 0 Å². The van der Waals surface area contributed by atoms with Crippen molar-refractivity contribution in [2.75, 3.05) is 13.2 Å². The average Bonchev–Trinajstić information content (AvgIpc) is 3.22. The molecule has 1 saturated heterocycles. The number of hydrogen-bond acceptors (Lipinski definition) is 3. The van der Waals surface area contributed by atoms with E-state index in [1.165, 1.54) is 63.5 Å². The summed E-state index contributed by atoms with van der Waals surface area (Å²) in [7, 11) is 2.02. The van der Waals surface area contributed by atoms with Gasteiger partial charge in [0.2, 0.25) is 0 Å². The van der Waals surface area contributed by atoms with E-state index in [-0.39, 0.29) is 0 Å². The first-order valence-corrected chi connectivity index (χ1v) is 10.4. The molecule has 1 aliphatic heterocycles. The Labute approximate surface area is 156 Å². The lowest BCUT2D eigenvalue weighted by Gasteiger charge is -2.27. The molecule has 5 heteroatoms. The molecule has 2 aliphatic rings. The third-order valence-electron chi connectivity index (χ3n) is 6.25. The van der Waals surface area contributed by atoms with Crippen molar-refractivity contribution in [2.45, 2.75) is 70.3 Å². The van der Waals surface area contributed by atoms with Crippen LogP contribution in [0.1, 0.15) is 69.5 Å². The van der Waals surface area contributed by atoms with Gasteiger partial charge in [-0.25, -0.2) is 4.98 Å². The zero-order valence-corrected chi connectivity index (χ0v) is 16.1. The molecular weight excluding hydrogens is 324 g/mol. The summed E-state index contributed by atoms with van der Waals surface area (Å²) in [6.45, 7) is 1.81. The summed E-state index contributed by atoms with van der Waals surface area (Å²) < 4.78 is 10.1. The van der Waals surface area contributed by atoms with Crippen LogP contribution < -0.4 is 0 Å². The fourth-order valence-electron chi connectivity index (χ4n) is 4.66. The second kappa shape index (κ2) is 8.38. The highest BCUT2D eigenvalue weighted by Crippen LogP contribution is 2.33. The summed E-state index contributed by atoms with van der Waals surface area (Å²) in [4.78, 5) is 4.89. The molecule has 0 aromatic carbocycles. The Morgan fingerprint density at radius 3 is 2.46 bits per heavy atom. The smallest absolute Gasteiger partial charge is 0.110 e. The summed E-state index contributed by atoms with van der Waals surface area (Å²) in [5.74, 6) is 0.708. The van der Waals surface area contributed by atoms with E-state index in [0.717, 1.165) is 31.0 Å². The molecule has 3 heterocycles. The predicted octanol–water partition coefficient (Wildman–Crippen LogP) is 4.54. The summed E-state index contributed by atoms with van der Waals surface area (Å²) in [5, 5.41) is 4.38. The molecule has 0 N–H and O–H groups in total. The Hall–Kier alpha value is -1.62. The fourth-order valence-corrected chi connectivity index (χ4v) is 4.66. The molecule has 4 rings (SSSR count). The molecule has 0 atom stereocenters. The van der Waals surface area contributed by atoms with Gasteiger partial charge in [0, 0.05) is 38.2 Å². The van der Waals surface area contributed by atoms with Crippen LogP contribution in [0.2, 0.25) is 0 Å². The van der Waals surface area contributed by atoms with Crippen LogP contribution in [0.5, 0.6) is 0 Å². The van der Waals surface area contributed by atoms with Crippen LogP contribution in [-0.4, -0.2) is 32.5 Å². The van der Waals surface area contributed by atoms with E-state index in [9.17, 15) is 0 Å². The van der Waals surface area contributed by atoms with Crippen LogP contribution in [-0.2, 0) is 18.2 Å². The zero-order valence-electron chi connectivity index (χ0n) is 16.1. The van der Waals surface area contributed by atoms with Crippen molar-refractivity contribution in [3.8, 4) is 11.4 Å². The fraction of sp³-hybridized carbons (Fsp3) is 0.714. The van der Waals surface area contributed by atoms with Gasteiger partial charge in [-0.2, -0.15) is 5.10 Å². The van der Waals surface area contributed by atoms with Gasteiger partial charge in [-0.15, -0.1) is 0 Å². The SMILES string of the molecule is Cn1nccc1-c1ncn(C2CCCCCCC2)c1CC1CCOCC1. The molecule has 1 saturated carbocycles. The molecule has 0 spiro atoms. The Morgan fingerprint density at radius 1 is 1.04 bits per heavy atom. The van der Waals surface area contributed by atoms with Crippen molar-refractivity contribution in [1.82, 2.24) is 19.3 Å². The highest BCUT2D eigenvalue weighted by molar-refractivity contribution is 5.57. The summed E-state index contributed by atoms with van der Waals surface area (Å²) in [5.41, 5.74) is 3.70. The maximum Gasteiger partial charge on any atom is 0.110 e. The molecule has 0 radical (unpaired) electrons. The number of aryl methyl sites for hydroxylation is 1. The number of nitrogens with zero attached hydrogens (tertiary/aromatic N) is 4. The Bertz CT molecular complexity index is 691. The topological polar surface area (TPSA) is 44.9 Å². The standard InChI is InChI=1S/C21H32N4O/c1-24-19(9-12-23-24)21-20(15-17-10-13-26-14-11-17)25(16-22-21)18-7-5-3-2-4-6-8-18/h9,12,16-18H,2-8,10-11,13-15H2,1H3. The molecule has 26 heavy (non-hydrogen) atoms. The highest BCUT2D eigenvalue weighted by atomic mass is 16.5. The minimum atomic E-state index is 0.611. The molecule has 142 valence electrons. The lowest BCUT2D eigenvalue weighted by molar-refractivity contribution is 0.0659. The molecule has 1 aliphatic carbocycles. The van der Waals surface area contributed by atoms with E-state index < -0.39 is 0 Å². The van der Waals surface area contributed by atoms with Crippen LogP contribution in [0.15, 0.2) is 18.6 Å². The number of rotatable bonds is 4. The van der Waals surface area contributed by atoms with Gasteiger partial charge in [0.25, 0.3) is 0 Å². The first-order chi connectivity index (χ1) is 12.8. The maximum absolute atomic E-state index is 5.58. The molecule has 2 fully saturated rings. The first kappa shape index (κ1) is 17.8. The largest absolute Gasteiger partial charge is 0.381 e. The summed E-state index contributed by atoms with van der Waals surface area (Å²) in [6, 6.07) is 2.71. The Kier molecular flexibility index (Phi) is 5.73. The quantitative estimate of drug-likeness (QED) is 0.808. The predicted molar refractivity (Wildman–Crippen MR) is 103 cm³/mol. The van der Waals surface area contributed by atoms with Crippen molar-refractivity contribution >= 4 is 0 Å². The summed E-state index contributed by atoms with van der Waals surface area (Å²) >= 11 is 0. The van der Waals surface area contributed by atoms with Gasteiger partial charge in [-0.3, -0.25) is 4.68 Å². The normalized spacial score (nSPS) is 20.8. The minimum absolute atomic E-state index is 0.611. The minimum Gasteiger partial charge on any atom is -0.381 e. The lowest BCUT2D eigenvalue weighted by atomic mass is 9.92. The summed E-state index contributed by atoms with van der Waals surface area (Å²) in [6.07, 6.45) is 16.9. The zero-order chi connectivity index (χ0) is 17.8. The monoisotopic (exact) mass is 356 g/mol. The Morgan fingerprint density at radius 2 is 1.77 bits per heavy atom. The highest BCUT2D eigenvalue weighted by Gasteiger charge is 2.24. The molecule has 2 aromatic heterocycles. The molecule has 5 nitrogen and oxygen atoms in total. The van der Waals surface area contributed by atoms with E-state index in [1.54, 1.807) is 0 Å². The van der Waals surface area contributed by atoms with Crippen molar-refractivity contribution in [2.24, 2.45) is 13.0 Å². The average molecular weight is 357 g/mol. The molecule has 0 bridgehead atoms. The molecule has 0 amide bonds. The van der Waals surface area contributed by atoms with Gasteiger partial charge in [0.1, 0.15) is 5.69 Å². The molecule has 0 unspecified atom stereocenters. The van der Waals surface area contributed by atoms with Gasteiger partial charge >= 0.3 is 0 Å². The number of hydrogen-bond donors (Lipinski definition) is 0.